The zero-order valence-electron chi connectivity index (χ0n) is 14.6. The molecule has 2 aromatic rings. The Hall–Kier alpha value is -4.18. The molecule has 28 heavy (non-hydrogen) atoms. The zero-order chi connectivity index (χ0) is 19.8. The smallest absolute Gasteiger partial charge is 0.338 e. The van der Waals surface area contributed by atoms with E-state index in [1.807, 2.05) is 6.07 Å². The number of fused-ring (bicyclic) bond motifs is 2. The van der Waals surface area contributed by atoms with Crippen LogP contribution in [0.2, 0.25) is 0 Å². The molecule has 0 aromatic heterocycles. The second-order valence-electron chi connectivity index (χ2n) is 5.97. The van der Waals surface area contributed by atoms with E-state index in [2.05, 4.69) is 4.98 Å². The van der Waals surface area contributed by atoms with Gasteiger partial charge in [0.2, 0.25) is 11.2 Å². The van der Waals surface area contributed by atoms with Gasteiger partial charge in [-0.25, -0.2) is 9.78 Å². The van der Waals surface area contributed by atoms with Crippen LogP contribution in [0, 0.1) is 11.3 Å². The lowest BCUT2D eigenvalue weighted by atomic mass is 9.94. The molecule has 0 unspecified atom stereocenters. The molecule has 0 saturated heterocycles. The number of hydrogen-bond donors (Lipinski definition) is 1. The number of carboxylic acids is 1. The SMILES string of the molecule is COc1c2oc3ccccc3nc-2c(C(=O)O)c(-c2ccc(C#N)cc2)c1=O. The Morgan fingerprint density at radius 1 is 1.18 bits per heavy atom. The summed E-state index contributed by atoms with van der Waals surface area (Å²) in [7, 11) is 1.31. The first kappa shape index (κ1) is 17.2. The number of carboxylic acid groups (broad SMARTS) is 1. The van der Waals surface area contributed by atoms with Gasteiger partial charge in [0.15, 0.2) is 11.3 Å². The average Bonchev–Trinajstić information content (AvgIpc) is 2.71. The topological polar surface area (TPSA) is 113 Å². The Kier molecular flexibility index (Phi) is 4.02. The largest absolute Gasteiger partial charge is 0.490 e. The summed E-state index contributed by atoms with van der Waals surface area (Å²) < 4.78 is 11.0. The molecule has 4 rings (SSSR count). The second-order valence-corrected chi connectivity index (χ2v) is 5.97. The standard InChI is InChI=1S/C21H12N2O5/c1-27-20-18(24)15(12-8-6-11(10-22)7-9-12)16(21(25)26)17-19(20)28-14-5-3-2-4-13(14)23-17/h2-9H,1H3,(H,25,26). The van der Waals surface area contributed by atoms with Gasteiger partial charge >= 0.3 is 5.97 Å². The minimum absolute atomic E-state index is 0.0157. The van der Waals surface area contributed by atoms with Crippen molar-refractivity contribution in [1.29, 1.82) is 5.26 Å². The summed E-state index contributed by atoms with van der Waals surface area (Å²) in [6.07, 6.45) is 0. The molecule has 7 heteroatoms. The Bertz CT molecular complexity index is 1300. The predicted molar refractivity (Wildman–Crippen MR) is 101 cm³/mol. The second kappa shape index (κ2) is 6.52. The van der Waals surface area contributed by atoms with Crippen LogP contribution in [0.1, 0.15) is 15.9 Å². The summed E-state index contributed by atoms with van der Waals surface area (Å²) in [4.78, 5) is 29.6. The molecule has 0 saturated carbocycles. The third kappa shape index (κ3) is 2.56. The first-order valence-corrected chi connectivity index (χ1v) is 8.22. The molecule has 2 aliphatic rings. The van der Waals surface area contributed by atoms with Crippen LogP contribution in [0.4, 0.5) is 0 Å². The lowest BCUT2D eigenvalue weighted by Gasteiger charge is -2.16. The van der Waals surface area contributed by atoms with Crippen LogP contribution < -0.4 is 10.2 Å². The van der Waals surface area contributed by atoms with Crippen molar-refractivity contribution in [2.24, 2.45) is 0 Å². The number of carbonyl (C=O) groups is 1. The van der Waals surface area contributed by atoms with Gasteiger partial charge in [-0.15, -0.1) is 0 Å². The molecule has 0 bridgehead atoms. The van der Waals surface area contributed by atoms with E-state index < -0.39 is 11.4 Å². The maximum Gasteiger partial charge on any atom is 0.338 e. The average molecular weight is 372 g/mol. The highest BCUT2D eigenvalue weighted by Gasteiger charge is 2.31. The lowest BCUT2D eigenvalue weighted by Crippen LogP contribution is -2.18. The zero-order valence-corrected chi connectivity index (χ0v) is 14.6. The normalized spacial score (nSPS) is 10.7. The van der Waals surface area contributed by atoms with Crippen LogP contribution >= 0.6 is 0 Å². The number of nitrogens with zero attached hydrogens (tertiary/aromatic N) is 2. The van der Waals surface area contributed by atoms with Crippen molar-refractivity contribution in [3.05, 3.63) is 69.9 Å². The van der Waals surface area contributed by atoms with E-state index in [-0.39, 0.29) is 28.3 Å². The van der Waals surface area contributed by atoms with Crippen LogP contribution in [0.3, 0.4) is 0 Å². The number of rotatable bonds is 3. The molecule has 136 valence electrons. The van der Waals surface area contributed by atoms with Crippen molar-refractivity contribution >= 4 is 17.1 Å². The van der Waals surface area contributed by atoms with Gasteiger partial charge in [-0.1, -0.05) is 24.3 Å². The van der Waals surface area contributed by atoms with Crippen LogP contribution in [-0.4, -0.2) is 23.2 Å². The maximum absolute atomic E-state index is 13.1. The van der Waals surface area contributed by atoms with Crippen LogP contribution in [-0.2, 0) is 0 Å². The molecule has 1 aliphatic heterocycles. The molecule has 2 aromatic carbocycles. The number of hydrogen-bond acceptors (Lipinski definition) is 6. The molecule has 0 spiro atoms. The molecule has 7 nitrogen and oxygen atoms in total. The molecule has 1 N–H and O–H groups in total. The number of aromatic nitrogens is 1. The van der Waals surface area contributed by atoms with Gasteiger partial charge < -0.3 is 14.3 Å². The van der Waals surface area contributed by atoms with Crippen molar-refractivity contribution in [2.45, 2.75) is 0 Å². The van der Waals surface area contributed by atoms with Crippen LogP contribution in [0.15, 0.2) is 57.7 Å². The first-order valence-electron chi connectivity index (χ1n) is 8.22. The number of nitriles is 1. The Morgan fingerprint density at radius 2 is 1.89 bits per heavy atom. The molecule has 0 atom stereocenters. The van der Waals surface area contributed by atoms with E-state index >= 15 is 0 Å². The molecule has 0 fully saturated rings. The molecule has 0 radical (unpaired) electrons. The number of para-hydroxylation sites is 2. The maximum atomic E-state index is 13.1. The van der Waals surface area contributed by atoms with Gasteiger partial charge in [-0.2, -0.15) is 5.26 Å². The van der Waals surface area contributed by atoms with Crippen molar-refractivity contribution in [2.75, 3.05) is 7.11 Å². The van der Waals surface area contributed by atoms with Crippen LogP contribution in [0.25, 0.3) is 33.7 Å². The van der Waals surface area contributed by atoms with Crippen molar-refractivity contribution in [1.82, 2.24) is 4.98 Å². The van der Waals surface area contributed by atoms with E-state index in [1.165, 1.54) is 31.4 Å². The van der Waals surface area contributed by atoms with Crippen molar-refractivity contribution in [3.63, 3.8) is 0 Å². The fraction of sp³-hybridized carbons (Fsp3) is 0.0476. The van der Waals surface area contributed by atoms with E-state index in [4.69, 9.17) is 14.4 Å². The summed E-state index contributed by atoms with van der Waals surface area (Å²) in [5.41, 5.74) is 0.620. The highest BCUT2D eigenvalue weighted by molar-refractivity contribution is 6.04. The van der Waals surface area contributed by atoms with Gasteiger partial charge in [-0.3, -0.25) is 4.79 Å². The third-order valence-corrected chi connectivity index (χ3v) is 4.37. The fourth-order valence-corrected chi connectivity index (χ4v) is 3.12. The molecular formula is C21H12N2O5. The van der Waals surface area contributed by atoms with Gasteiger partial charge in [0, 0.05) is 0 Å². The summed E-state index contributed by atoms with van der Waals surface area (Å²) >= 11 is 0. The van der Waals surface area contributed by atoms with Gasteiger partial charge in [-0.05, 0) is 29.8 Å². The fourth-order valence-electron chi connectivity index (χ4n) is 3.12. The van der Waals surface area contributed by atoms with E-state index in [0.29, 0.717) is 22.2 Å². The number of methoxy groups -OCH3 is 1. The van der Waals surface area contributed by atoms with Gasteiger partial charge in [0.1, 0.15) is 16.8 Å². The predicted octanol–water partition coefficient (Wildman–Crippen LogP) is 3.54. The Morgan fingerprint density at radius 3 is 2.54 bits per heavy atom. The highest BCUT2D eigenvalue weighted by Crippen LogP contribution is 2.38. The monoisotopic (exact) mass is 372 g/mol. The minimum Gasteiger partial charge on any atom is -0.490 e. The van der Waals surface area contributed by atoms with Crippen LogP contribution in [0.5, 0.6) is 5.75 Å². The first-order chi connectivity index (χ1) is 13.5. The Labute approximate surface area is 158 Å². The minimum atomic E-state index is -1.32. The van der Waals surface area contributed by atoms with Crippen molar-refractivity contribution in [3.8, 4) is 34.4 Å². The Balaban J connectivity index is 2.19. The van der Waals surface area contributed by atoms with Crippen molar-refractivity contribution < 1.29 is 19.1 Å². The van der Waals surface area contributed by atoms with Gasteiger partial charge in [0.25, 0.3) is 0 Å². The van der Waals surface area contributed by atoms with Gasteiger partial charge in [0.05, 0.1) is 24.3 Å². The molecule has 0 amide bonds. The molecule has 1 heterocycles. The summed E-state index contributed by atoms with van der Waals surface area (Å²) in [6, 6.07) is 14.9. The molecular weight excluding hydrogens is 360 g/mol. The molecule has 1 aliphatic carbocycles. The van der Waals surface area contributed by atoms with E-state index in [1.54, 1.807) is 24.3 Å². The number of aromatic carboxylic acids is 1. The van der Waals surface area contributed by atoms with E-state index in [0.717, 1.165) is 0 Å². The third-order valence-electron chi connectivity index (χ3n) is 4.37. The summed E-state index contributed by atoms with van der Waals surface area (Å²) in [6.45, 7) is 0. The quantitative estimate of drug-likeness (QED) is 0.547. The number of ether oxygens (including phenoxy) is 1. The van der Waals surface area contributed by atoms with E-state index in [9.17, 15) is 14.7 Å². The summed E-state index contributed by atoms with van der Waals surface area (Å²) in [5.74, 6) is -1.47. The lowest BCUT2D eigenvalue weighted by molar-refractivity contribution is 0.0698. The number of benzene rings is 3. The highest BCUT2D eigenvalue weighted by atomic mass is 16.5. The summed E-state index contributed by atoms with van der Waals surface area (Å²) in [5, 5.41) is 18.8.